The molecule has 1 aromatic heterocycles. The molecule has 1 saturated heterocycles. The predicted molar refractivity (Wildman–Crippen MR) is 87.1 cm³/mol. The average Bonchev–Trinajstić information content (AvgIpc) is 3.12. The lowest BCUT2D eigenvalue weighted by Gasteiger charge is -2.30. The summed E-state index contributed by atoms with van der Waals surface area (Å²) in [6.07, 6.45) is 4.11. The molecular weight excluding hydrogens is 294 g/mol. The van der Waals surface area contributed by atoms with Crippen LogP contribution in [-0.4, -0.2) is 56.7 Å². The number of anilines is 1. The summed E-state index contributed by atoms with van der Waals surface area (Å²) in [5, 5.41) is 7.14. The van der Waals surface area contributed by atoms with Gasteiger partial charge in [-0.1, -0.05) is 0 Å². The van der Waals surface area contributed by atoms with E-state index in [1.807, 2.05) is 29.8 Å². The minimum Gasteiger partial charge on any atom is -0.338 e. The van der Waals surface area contributed by atoms with Gasteiger partial charge in [-0.05, 0) is 32.6 Å². The highest BCUT2D eigenvalue weighted by Gasteiger charge is 2.36. The van der Waals surface area contributed by atoms with Gasteiger partial charge in [0.15, 0.2) is 5.82 Å². The highest BCUT2D eigenvalue weighted by Crippen LogP contribution is 2.29. The van der Waals surface area contributed by atoms with Gasteiger partial charge in [0.25, 0.3) is 0 Å². The van der Waals surface area contributed by atoms with Crippen LogP contribution in [0.1, 0.15) is 38.3 Å². The van der Waals surface area contributed by atoms with Crippen molar-refractivity contribution in [1.82, 2.24) is 19.6 Å². The Balaban J connectivity index is 1.63. The first-order chi connectivity index (χ1) is 11.0. The third-order valence-corrected chi connectivity index (χ3v) is 4.79. The van der Waals surface area contributed by atoms with E-state index in [0.29, 0.717) is 18.4 Å². The number of hydrogen-bond acceptors (Lipinski definition) is 3. The van der Waals surface area contributed by atoms with Gasteiger partial charge in [0, 0.05) is 44.9 Å². The number of nitrogens with zero attached hydrogens (tertiary/aromatic N) is 4. The third kappa shape index (κ3) is 3.48. The van der Waals surface area contributed by atoms with Crippen molar-refractivity contribution in [2.45, 2.75) is 51.6 Å². The quantitative estimate of drug-likeness (QED) is 0.919. The van der Waals surface area contributed by atoms with Crippen molar-refractivity contribution in [3.63, 3.8) is 0 Å². The summed E-state index contributed by atoms with van der Waals surface area (Å²) in [6.45, 7) is 4.95. The number of aromatic nitrogens is 2. The van der Waals surface area contributed by atoms with E-state index in [0.717, 1.165) is 37.9 Å². The smallest absolute Gasteiger partial charge is 0.323 e. The van der Waals surface area contributed by atoms with E-state index in [1.54, 1.807) is 11.6 Å². The number of urea groups is 1. The Morgan fingerprint density at radius 2 is 2.13 bits per heavy atom. The second-order valence-electron chi connectivity index (χ2n) is 6.62. The Kier molecular flexibility index (Phi) is 4.28. The van der Waals surface area contributed by atoms with Crippen molar-refractivity contribution in [3.05, 3.63) is 11.8 Å². The van der Waals surface area contributed by atoms with Gasteiger partial charge in [0.1, 0.15) is 0 Å². The van der Waals surface area contributed by atoms with Crippen molar-refractivity contribution in [1.29, 1.82) is 0 Å². The van der Waals surface area contributed by atoms with E-state index in [4.69, 9.17) is 0 Å². The second-order valence-corrected chi connectivity index (χ2v) is 6.62. The predicted octanol–water partition coefficient (Wildman–Crippen LogP) is 1.74. The largest absolute Gasteiger partial charge is 0.338 e. The molecular formula is C16H25N5O2. The summed E-state index contributed by atoms with van der Waals surface area (Å²) >= 11 is 0. The first-order valence-electron chi connectivity index (χ1n) is 8.31. The standard InChI is InChI=1S/C16H25N5O2/c1-11-9-15(18-19(11)3)17-16(23)20-8-4-5-14(20)10-21(12(2)22)13-6-7-13/h9,13-14H,4-8,10H2,1-3H3,(H,17,18,23)/t14-/m0/s1. The lowest BCUT2D eigenvalue weighted by Crippen LogP contribution is -2.46. The average molecular weight is 319 g/mol. The van der Waals surface area contributed by atoms with Gasteiger partial charge >= 0.3 is 6.03 Å². The van der Waals surface area contributed by atoms with Crippen LogP contribution < -0.4 is 5.32 Å². The van der Waals surface area contributed by atoms with Crippen molar-refractivity contribution in [2.24, 2.45) is 7.05 Å². The van der Waals surface area contributed by atoms with Crippen molar-refractivity contribution in [2.75, 3.05) is 18.4 Å². The number of rotatable bonds is 4. The maximum Gasteiger partial charge on any atom is 0.323 e. The van der Waals surface area contributed by atoms with Crippen LogP contribution in [0.4, 0.5) is 10.6 Å². The molecule has 1 aliphatic heterocycles. The summed E-state index contributed by atoms with van der Waals surface area (Å²) in [7, 11) is 1.85. The molecule has 2 heterocycles. The third-order valence-electron chi connectivity index (χ3n) is 4.79. The van der Waals surface area contributed by atoms with Crippen LogP contribution in [0.15, 0.2) is 6.07 Å². The van der Waals surface area contributed by atoms with E-state index in [9.17, 15) is 9.59 Å². The Morgan fingerprint density at radius 3 is 2.70 bits per heavy atom. The van der Waals surface area contributed by atoms with Crippen LogP contribution in [0.5, 0.6) is 0 Å². The van der Waals surface area contributed by atoms with E-state index in [2.05, 4.69) is 10.4 Å². The Morgan fingerprint density at radius 1 is 1.39 bits per heavy atom. The molecule has 1 N–H and O–H groups in total. The van der Waals surface area contributed by atoms with Gasteiger partial charge in [-0.25, -0.2) is 4.79 Å². The molecule has 23 heavy (non-hydrogen) atoms. The van der Waals surface area contributed by atoms with Crippen LogP contribution in [0.2, 0.25) is 0 Å². The lowest BCUT2D eigenvalue weighted by atomic mass is 10.2. The molecule has 126 valence electrons. The van der Waals surface area contributed by atoms with Gasteiger partial charge in [-0.15, -0.1) is 0 Å². The number of aryl methyl sites for hydroxylation is 2. The van der Waals surface area contributed by atoms with Gasteiger partial charge < -0.3 is 9.80 Å². The summed E-state index contributed by atoms with van der Waals surface area (Å²) in [4.78, 5) is 28.1. The van der Waals surface area contributed by atoms with Crippen LogP contribution in [0, 0.1) is 6.92 Å². The molecule has 7 nitrogen and oxygen atoms in total. The van der Waals surface area contributed by atoms with Crippen molar-refractivity contribution < 1.29 is 9.59 Å². The molecule has 0 bridgehead atoms. The van der Waals surface area contributed by atoms with E-state index >= 15 is 0 Å². The van der Waals surface area contributed by atoms with E-state index in [-0.39, 0.29) is 18.0 Å². The summed E-state index contributed by atoms with van der Waals surface area (Å²) in [5.41, 5.74) is 0.995. The maximum absolute atomic E-state index is 12.5. The number of carbonyl (C=O) groups is 2. The summed E-state index contributed by atoms with van der Waals surface area (Å²) < 4.78 is 1.74. The minimum atomic E-state index is -0.120. The zero-order valence-corrected chi connectivity index (χ0v) is 14.1. The van der Waals surface area contributed by atoms with E-state index in [1.165, 1.54) is 0 Å². The topological polar surface area (TPSA) is 70.5 Å². The molecule has 2 aliphatic rings. The number of amides is 3. The van der Waals surface area contributed by atoms with Crippen molar-refractivity contribution >= 4 is 17.8 Å². The number of hydrogen-bond donors (Lipinski definition) is 1. The molecule has 0 radical (unpaired) electrons. The van der Waals surface area contributed by atoms with Crippen LogP contribution in [-0.2, 0) is 11.8 Å². The molecule has 3 rings (SSSR count). The Labute approximate surface area is 136 Å². The lowest BCUT2D eigenvalue weighted by molar-refractivity contribution is -0.130. The SMILES string of the molecule is CC(=O)N(C[C@@H]1CCCN1C(=O)Nc1cc(C)n(C)n1)C1CC1. The minimum absolute atomic E-state index is 0.101. The zero-order chi connectivity index (χ0) is 16.6. The monoisotopic (exact) mass is 319 g/mol. The molecule has 1 atom stereocenters. The van der Waals surface area contributed by atoms with Gasteiger partial charge in [-0.2, -0.15) is 5.10 Å². The molecule has 0 spiro atoms. The van der Waals surface area contributed by atoms with E-state index < -0.39 is 0 Å². The first-order valence-corrected chi connectivity index (χ1v) is 8.31. The fourth-order valence-electron chi connectivity index (χ4n) is 3.24. The maximum atomic E-state index is 12.5. The van der Waals surface area contributed by atoms with Crippen LogP contribution in [0.3, 0.4) is 0 Å². The first kappa shape index (κ1) is 15.8. The van der Waals surface area contributed by atoms with Crippen molar-refractivity contribution in [3.8, 4) is 0 Å². The van der Waals surface area contributed by atoms with Crippen LogP contribution in [0.25, 0.3) is 0 Å². The summed E-state index contributed by atoms with van der Waals surface area (Å²) in [5.74, 6) is 0.686. The highest BCUT2D eigenvalue weighted by molar-refractivity contribution is 5.88. The molecule has 0 unspecified atom stereocenters. The number of likely N-dealkylation sites (tertiary alicyclic amines) is 1. The molecule has 1 saturated carbocycles. The molecule has 7 heteroatoms. The fourth-order valence-corrected chi connectivity index (χ4v) is 3.24. The number of nitrogens with one attached hydrogen (secondary N) is 1. The van der Waals surface area contributed by atoms with Gasteiger partial charge in [0.2, 0.25) is 5.91 Å². The number of carbonyl (C=O) groups excluding carboxylic acids is 2. The second kappa shape index (κ2) is 6.22. The molecule has 0 aromatic carbocycles. The molecule has 2 fully saturated rings. The Hall–Kier alpha value is -2.05. The summed E-state index contributed by atoms with van der Waals surface area (Å²) in [6, 6.07) is 2.22. The normalized spacial score (nSPS) is 20.7. The highest BCUT2D eigenvalue weighted by atomic mass is 16.2. The zero-order valence-electron chi connectivity index (χ0n) is 14.1. The molecule has 1 aromatic rings. The fraction of sp³-hybridized carbons (Fsp3) is 0.688. The van der Waals surface area contributed by atoms with Crippen LogP contribution >= 0.6 is 0 Å². The molecule has 3 amide bonds. The Bertz CT molecular complexity index is 588. The molecule has 1 aliphatic carbocycles. The van der Waals surface area contributed by atoms with Gasteiger partial charge in [-0.3, -0.25) is 14.8 Å². The van der Waals surface area contributed by atoms with Gasteiger partial charge in [0.05, 0.1) is 6.04 Å².